The molecule has 0 aromatic carbocycles. The van der Waals surface area contributed by atoms with Gasteiger partial charge in [-0.3, -0.25) is 14.4 Å². The molecule has 1 unspecified atom stereocenters. The Balaban J connectivity index is 4.38. The molecule has 1 atom stereocenters. The van der Waals surface area contributed by atoms with E-state index in [1.165, 1.54) is 186 Å². The SMILES string of the molecule is CC/C=C\C/C=C\C/C=C\C/C=C\C/C=C\C/C=C\CCCCCCC(=O)OC(COC(=O)CCCCCCCCCCCCCCC/C=C\C/C=C\CCCCCCC)COC(=O)CCCCCCCCCCCCCCCCC. The van der Waals surface area contributed by atoms with Gasteiger partial charge < -0.3 is 14.2 Å². The molecule has 0 radical (unpaired) electrons. The van der Waals surface area contributed by atoms with Crippen LogP contribution in [0.3, 0.4) is 0 Å². The van der Waals surface area contributed by atoms with E-state index in [1.807, 2.05) is 0 Å². The van der Waals surface area contributed by atoms with Crippen molar-refractivity contribution in [2.24, 2.45) is 0 Å². The van der Waals surface area contributed by atoms with Crippen molar-refractivity contribution in [3.63, 3.8) is 0 Å². The van der Waals surface area contributed by atoms with E-state index >= 15 is 0 Å². The molecular formula is C75H130O6. The summed E-state index contributed by atoms with van der Waals surface area (Å²) in [5, 5.41) is 0. The van der Waals surface area contributed by atoms with Crippen molar-refractivity contribution in [1.29, 1.82) is 0 Å². The van der Waals surface area contributed by atoms with E-state index in [0.717, 1.165) is 116 Å². The summed E-state index contributed by atoms with van der Waals surface area (Å²) in [6, 6.07) is 0. The number of unbranched alkanes of at least 4 members (excludes halogenated alkanes) is 36. The summed E-state index contributed by atoms with van der Waals surface area (Å²) in [7, 11) is 0. The van der Waals surface area contributed by atoms with Gasteiger partial charge in [0.1, 0.15) is 13.2 Å². The van der Waals surface area contributed by atoms with Crippen molar-refractivity contribution in [2.45, 2.75) is 348 Å². The maximum atomic E-state index is 12.9. The Morgan fingerprint density at radius 3 is 0.753 bits per heavy atom. The molecule has 0 saturated heterocycles. The van der Waals surface area contributed by atoms with Gasteiger partial charge in [-0.1, -0.05) is 317 Å². The molecule has 0 saturated carbocycles. The zero-order valence-electron chi connectivity index (χ0n) is 53.5. The second-order valence-corrected chi connectivity index (χ2v) is 23.1. The van der Waals surface area contributed by atoms with Crippen molar-refractivity contribution in [3.8, 4) is 0 Å². The summed E-state index contributed by atoms with van der Waals surface area (Å²) in [6.07, 6.45) is 92.8. The largest absolute Gasteiger partial charge is 0.462 e. The zero-order valence-corrected chi connectivity index (χ0v) is 53.5. The lowest BCUT2D eigenvalue weighted by Crippen LogP contribution is -2.30. The lowest BCUT2D eigenvalue weighted by molar-refractivity contribution is -0.167. The summed E-state index contributed by atoms with van der Waals surface area (Å²) in [6.45, 7) is 6.54. The molecule has 0 fully saturated rings. The van der Waals surface area contributed by atoms with E-state index in [4.69, 9.17) is 14.2 Å². The van der Waals surface area contributed by atoms with E-state index in [9.17, 15) is 14.4 Å². The molecule has 0 N–H and O–H groups in total. The van der Waals surface area contributed by atoms with Gasteiger partial charge in [0, 0.05) is 19.3 Å². The van der Waals surface area contributed by atoms with Crippen LogP contribution in [0.4, 0.5) is 0 Å². The van der Waals surface area contributed by atoms with Crippen LogP contribution in [0.1, 0.15) is 342 Å². The average Bonchev–Trinajstić information content (AvgIpc) is 3.47. The predicted octanol–water partition coefficient (Wildman–Crippen LogP) is 24.0. The first-order valence-corrected chi connectivity index (χ1v) is 34.7. The van der Waals surface area contributed by atoms with Crippen LogP contribution in [0.15, 0.2) is 97.2 Å². The molecule has 6 heteroatoms. The van der Waals surface area contributed by atoms with E-state index in [0.29, 0.717) is 19.3 Å². The van der Waals surface area contributed by atoms with E-state index < -0.39 is 6.10 Å². The number of hydrogen-bond donors (Lipinski definition) is 0. The quantitative estimate of drug-likeness (QED) is 0.0261. The highest BCUT2D eigenvalue weighted by atomic mass is 16.6. The van der Waals surface area contributed by atoms with Crippen molar-refractivity contribution in [3.05, 3.63) is 97.2 Å². The molecular weight excluding hydrogens is 997 g/mol. The van der Waals surface area contributed by atoms with E-state index in [2.05, 4.69) is 118 Å². The minimum atomic E-state index is -0.793. The summed E-state index contributed by atoms with van der Waals surface area (Å²) in [5.41, 5.74) is 0. The number of esters is 3. The second kappa shape index (κ2) is 68.8. The Morgan fingerprint density at radius 2 is 0.481 bits per heavy atom. The molecule has 0 aliphatic rings. The second-order valence-electron chi connectivity index (χ2n) is 23.1. The van der Waals surface area contributed by atoms with Crippen LogP contribution in [0.5, 0.6) is 0 Å². The first-order chi connectivity index (χ1) is 40.0. The Morgan fingerprint density at radius 1 is 0.259 bits per heavy atom. The fourth-order valence-electron chi connectivity index (χ4n) is 9.89. The molecule has 81 heavy (non-hydrogen) atoms. The lowest BCUT2D eigenvalue weighted by Gasteiger charge is -2.18. The fraction of sp³-hybridized carbons (Fsp3) is 0.747. The lowest BCUT2D eigenvalue weighted by atomic mass is 10.0. The first-order valence-electron chi connectivity index (χ1n) is 34.7. The third kappa shape index (κ3) is 67.0. The number of ether oxygens (including phenoxy) is 3. The standard InChI is InChI=1S/C75H130O6/c1-4-7-10-13-16-19-22-25-28-30-32-34-36-37-39-40-42-44-47-50-53-56-59-62-65-68-74(77)80-71-72(70-79-73(76)67-64-61-58-55-52-49-46-27-24-21-18-15-12-9-6-3)81-75(78)69-66-63-60-57-54-51-48-45-43-41-38-35-33-31-29-26-23-20-17-14-11-8-5-2/h8,11,17,20,22,25-26,29-30,32-33,35,41,43,48,51,72H,4-7,9-10,12-16,18-19,21,23-24,27-28,31,34,36-40,42,44-47,49-50,52-71H2,1-3H3/b11-8-,20-17-,25-22-,29-26-,32-30-,35-33-,43-41-,51-48-. The third-order valence-electron chi connectivity index (χ3n) is 15.1. The van der Waals surface area contributed by atoms with Crippen LogP contribution in [0.2, 0.25) is 0 Å². The molecule has 0 aromatic rings. The maximum absolute atomic E-state index is 12.9. The number of hydrogen-bond acceptors (Lipinski definition) is 6. The van der Waals surface area contributed by atoms with Crippen molar-refractivity contribution in [1.82, 2.24) is 0 Å². The minimum absolute atomic E-state index is 0.0851. The number of rotatable bonds is 63. The van der Waals surface area contributed by atoms with Crippen molar-refractivity contribution in [2.75, 3.05) is 13.2 Å². The van der Waals surface area contributed by atoms with Gasteiger partial charge in [0.2, 0.25) is 0 Å². The number of carbonyl (C=O) groups excluding carboxylic acids is 3. The Labute approximate surface area is 502 Å². The van der Waals surface area contributed by atoms with Gasteiger partial charge in [0.05, 0.1) is 0 Å². The van der Waals surface area contributed by atoms with Gasteiger partial charge in [-0.2, -0.15) is 0 Å². The van der Waals surface area contributed by atoms with Gasteiger partial charge in [-0.15, -0.1) is 0 Å². The Bertz CT molecular complexity index is 1580. The van der Waals surface area contributed by atoms with Gasteiger partial charge in [-0.05, 0) is 103 Å². The molecule has 0 aliphatic carbocycles. The van der Waals surface area contributed by atoms with Gasteiger partial charge in [0.25, 0.3) is 0 Å². The normalized spacial score (nSPS) is 12.7. The molecule has 6 nitrogen and oxygen atoms in total. The summed E-state index contributed by atoms with van der Waals surface area (Å²) >= 11 is 0. The summed E-state index contributed by atoms with van der Waals surface area (Å²) in [5.74, 6) is -0.895. The Kier molecular flexibility index (Phi) is 65.7. The van der Waals surface area contributed by atoms with E-state index in [-0.39, 0.29) is 31.1 Å². The fourth-order valence-corrected chi connectivity index (χ4v) is 9.89. The molecule has 0 aromatic heterocycles. The van der Waals surface area contributed by atoms with E-state index in [1.54, 1.807) is 0 Å². The van der Waals surface area contributed by atoms with Crippen LogP contribution in [0.25, 0.3) is 0 Å². The van der Waals surface area contributed by atoms with Gasteiger partial charge >= 0.3 is 17.9 Å². The predicted molar refractivity (Wildman–Crippen MR) is 353 cm³/mol. The topological polar surface area (TPSA) is 78.9 Å². The summed E-state index contributed by atoms with van der Waals surface area (Å²) < 4.78 is 17.0. The van der Waals surface area contributed by atoms with Crippen LogP contribution in [0, 0.1) is 0 Å². The maximum Gasteiger partial charge on any atom is 0.306 e. The number of allylic oxidation sites excluding steroid dienone is 16. The minimum Gasteiger partial charge on any atom is -0.462 e. The van der Waals surface area contributed by atoms with Crippen LogP contribution in [-0.4, -0.2) is 37.2 Å². The summed E-state index contributed by atoms with van der Waals surface area (Å²) in [4.78, 5) is 38.4. The number of carbonyl (C=O) groups is 3. The molecule has 0 bridgehead atoms. The monoisotopic (exact) mass is 1130 g/mol. The zero-order chi connectivity index (χ0) is 58.5. The molecule has 0 rings (SSSR count). The molecule has 0 amide bonds. The Hall–Kier alpha value is -3.67. The molecule has 0 aliphatic heterocycles. The van der Waals surface area contributed by atoms with Gasteiger partial charge in [0.15, 0.2) is 6.10 Å². The first kappa shape index (κ1) is 77.3. The smallest absolute Gasteiger partial charge is 0.306 e. The average molecular weight is 1130 g/mol. The molecule has 0 heterocycles. The highest BCUT2D eigenvalue weighted by Gasteiger charge is 2.19. The van der Waals surface area contributed by atoms with Crippen LogP contribution >= 0.6 is 0 Å². The molecule has 0 spiro atoms. The van der Waals surface area contributed by atoms with Crippen LogP contribution < -0.4 is 0 Å². The van der Waals surface area contributed by atoms with Crippen molar-refractivity contribution >= 4 is 17.9 Å². The highest BCUT2D eigenvalue weighted by Crippen LogP contribution is 2.17. The highest BCUT2D eigenvalue weighted by molar-refractivity contribution is 5.71. The van der Waals surface area contributed by atoms with Crippen molar-refractivity contribution < 1.29 is 28.6 Å². The third-order valence-corrected chi connectivity index (χ3v) is 15.1. The van der Waals surface area contributed by atoms with Crippen LogP contribution in [-0.2, 0) is 28.6 Å². The molecule has 466 valence electrons. The van der Waals surface area contributed by atoms with Gasteiger partial charge in [-0.25, -0.2) is 0 Å².